The summed E-state index contributed by atoms with van der Waals surface area (Å²) in [6.45, 7) is 2.10. The number of amides is 1. The van der Waals surface area contributed by atoms with E-state index in [1.165, 1.54) is 0 Å². The molecule has 1 heterocycles. The number of benzene rings is 1. The van der Waals surface area contributed by atoms with Crippen LogP contribution in [0.1, 0.15) is 29.6 Å². The highest BCUT2D eigenvalue weighted by Gasteiger charge is 2.13. The minimum absolute atomic E-state index is 0.428. The Labute approximate surface area is 112 Å². The normalized spacial score (nSPS) is 20.2. The molecule has 1 aliphatic heterocycles. The van der Waals surface area contributed by atoms with E-state index in [1.807, 2.05) is 6.07 Å². The average Bonchev–Trinajstić information content (AvgIpc) is 2.60. The topological polar surface area (TPSA) is 67.2 Å². The second kappa shape index (κ2) is 6.07. The first-order valence-corrected chi connectivity index (χ1v) is 6.61. The molecule has 1 atom stereocenters. The third-order valence-electron chi connectivity index (χ3n) is 3.19. The van der Waals surface area contributed by atoms with Gasteiger partial charge in [-0.25, -0.2) is 0 Å². The van der Waals surface area contributed by atoms with Crippen molar-refractivity contribution in [1.29, 1.82) is 0 Å². The number of carbonyl (C=O) groups excluding carboxylic acids is 1. The highest BCUT2D eigenvalue weighted by Crippen LogP contribution is 2.25. The van der Waals surface area contributed by atoms with Gasteiger partial charge in [0.2, 0.25) is 5.91 Å². The molecule has 0 spiro atoms. The zero-order valence-corrected chi connectivity index (χ0v) is 11.0. The molecule has 1 saturated heterocycles. The van der Waals surface area contributed by atoms with Gasteiger partial charge in [-0.05, 0) is 50.6 Å². The Morgan fingerprint density at radius 3 is 2.94 bits per heavy atom. The molecule has 0 aromatic heterocycles. The molecule has 0 bridgehead atoms. The van der Waals surface area contributed by atoms with Crippen LogP contribution in [-0.4, -0.2) is 25.0 Å². The Bertz CT molecular complexity index is 428. The first-order valence-electron chi connectivity index (χ1n) is 6.23. The maximum absolute atomic E-state index is 11.0. The predicted octanol–water partition coefficient (Wildman–Crippen LogP) is 1.99. The summed E-state index contributed by atoms with van der Waals surface area (Å²) >= 11 is 6.15. The lowest BCUT2D eigenvalue weighted by Crippen LogP contribution is -2.21. The van der Waals surface area contributed by atoms with E-state index in [2.05, 4.69) is 10.6 Å². The number of hydrogen-bond acceptors (Lipinski definition) is 3. The number of primary amides is 1. The first-order chi connectivity index (χ1) is 8.66. The second-order valence-corrected chi connectivity index (χ2v) is 4.99. The summed E-state index contributed by atoms with van der Waals surface area (Å²) in [6.07, 6.45) is 3.36. The van der Waals surface area contributed by atoms with Crippen LogP contribution in [0.2, 0.25) is 5.02 Å². The van der Waals surface area contributed by atoms with Crippen molar-refractivity contribution in [3.63, 3.8) is 0 Å². The van der Waals surface area contributed by atoms with Gasteiger partial charge in [-0.2, -0.15) is 0 Å². The zero-order chi connectivity index (χ0) is 13.0. The Morgan fingerprint density at radius 2 is 2.22 bits per heavy atom. The van der Waals surface area contributed by atoms with Crippen molar-refractivity contribution in [2.24, 2.45) is 5.73 Å². The minimum atomic E-state index is -0.456. The summed E-state index contributed by atoms with van der Waals surface area (Å²) < 4.78 is 0. The number of hydrogen-bond donors (Lipinski definition) is 3. The third kappa shape index (κ3) is 3.37. The molecule has 98 valence electrons. The van der Waals surface area contributed by atoms with Gasteiger partial charge in [0.1, 0.15) is 0 Å². The summed E-state index contributed by atoms with van der Waals surface area (Å²) in [5.74, 6) is -0.456. The van der Waals surface area contributed by atoms with Gasteiger partial charge in [-0.3, -0.25) is 4.79 Å². The van der Waals surface area contributed by atoms with Gasteiger partial charge in [0.05, 0.1) is 10.7 Å². The molecule has 4 N–H and O–H groups in total. The molecule has 1 unspecified atom stereocenters. The van der Waals surface area contributed by atoms with E-state index < -0.39 is 5.91 Å². The highest BCUT2D eigenvalue weighted by molar-refractivity contribution is 6.33. The van der Waals surface area contributed by atoms with Crippen molar-refractivity contribution < 1.29 is 4.79 Å². The van der Waals surface area contributed by atoms with Crippen LogP contribution in [0.3, 0.4) is 0 Å². The van der Waals surface area contributed by atoms with E-state index in [1.54, 1.807) is 12.1 Å². The standard InChI is InChI=1S/C13H18ClN3O/c14-11-8-9(13(15)18)3-4-12(11)17-10-2-1-6-16-7-5-10/h3-4,8,10,16-17H,1-2,5-7H2,(H2,15,18). The maximum Gasteiger partial charge on any atom is 0.248 e. The van der Waals surface area contributed by atoms with E-state index in [9.17, 15) is 4.79 Å². The molecule has 1 aromatic carbocycles. The molecule has 2 rings (SSSR count). The summed E-state index contributed by atoms with van der Waals surface area (Å²) in [5, 5.41) is 7.34. The van der Waals surface area contributed by atoms with Gasteiger partial charge in [0.15, 0.2) is 0 Å². The first kappa shape index (κ1) is 13.2. The molecule has 1 amide bonds. The number of carbonyl (C=O) groups is 1. The summed E-state index contributed by atoms with van der Waals surface area (Å²) in [4.78, 5) is 11.0. The summed E-state index contributed by atoms with van der Waals surface area (Å²) in [6, 6.07) is 5.56. The molecular formula is C13H18ClN3O. The molecule has 1 aromatic rings. The lowest BCUT2D eigenvalue weighted by atomic mass is 10.1. The van der Waals surface area contributed by atoms with E-state index in [-0.39, 0.29) is 0 Å². The van der Waals surface area contributed by atoms with Crippen LogP contribution in [0, 0.1) is 0 Å². The van der Waals surface area contributed by atoms with Crippen LogP contribution in [0.4, 0.5) is 5.69 Å². The minimum Gasteiger partial charge on any atom is -0.381 e. The predicted molar refractivity (Wildman–Crippen MR) is 74.1 cm³/mol. The molecule has 18 heavy (non-hydrogen) atoms. The van der Waals surface area contributed by atoms with Crippen molar-refractivity contribution in [1.82, 2.24) is 5.32 Å². The maximum atomic E-state index is 11.0. The number of nitrogens with two attached hydrogens (primary N) is 1. The van der Waals surface area contributed by atoms with Crippen LogP contribution in [-0.2, 0) is 0 Å². The fourth-order valence-corrected chi connectivity index (χ4v) is 2.40. The molecule has 0 aliphatic carbocycles. The Morgan fingerprint density at radius 1 is 1.39 bits per heavy atom. The van der Waals surface area contributed by atoms with Crippen molar-refractivity contribution in [3.8, 4) is 0 Å². The Kier molecular flexibility index (Phi) is 4.44. The Balaban J connectivity index is 2.06. The number of nitrogens with one attached hydrogen (secondary N) is 2. The van der Waals surface area contributed by atoms with Gasteiger partial charge in [0, 0.05) is 11.6 Å². The molecule has 1 aliphatic rings. The van der Waals surface area contributed by atoms with Crippen LogP contribution in [0.25, 0.3) is 0 Å². The lowest BCUT2D eigenvalue weighted by molar-refractivity contribution is 0.100. The fraction of sp³-hybridized carbons (Fsp3) is 0.462. The molecule has 0 saturated carbocycles. The van der Waals surface area contributed by atoms with Crippen LogP contribution in [0.15, 0.2) is 18.2 Å². The van der Waals surface area contributed by atoms with E-state index >= 15 is 0 Å². The molecule has 0 radical (unpaired) electrons. The van der Waals surface area contributed by atoms with Gasteiger partial charge >= 0.3 is 0 Å². The average molecular weight is 268 g/mol. The Hall–Kier alpha value is -1.26. The third-order valence-corrected chi connectivity index (χ3v) is 3.50. The molecule has 4 nitrogen and oxygen atoms in total. The van der Waals surface area contributed by atoms with Gasteiger partial charge < -0.3 is 16.4 Å². The van der Waals surface area contributed by atoms with Gasteiger partial charge in [-0.15, -0.1) is 0 Å². The van der Waals surface area contributed by atoms with Gasteiger partial charge in [-0.1, -0.05) is 11.6 Å². The van der Waals surface area contributed by atoms with Crippen LogP contribution < -0.4 is 16.4 Å². The number of halogens is 1. The SMILES string of the molecule is NC(=O)c1ccc(NC2CCCNCC2)c(Cl)c1. The van der Waals surface area contributed by atoms with Crippen LogP contribution >= 0.6 is 11.6 Å². The second-order valence-electron chi connectivity index (χ2n) is 4.58. The van der Waals surface area contributed by atoms with E-state index in [0.717, 1.165) is 38.0 Å². The van der Waals surface area contributed by atoms with Gasteiger partial charge in [0.25, 0.3) is 0 Å². The summed E-state index contributed by atoms with van der Waals surface area (Å²) in [7, 11) is 0. The largest absolute Gasteiger partial charge is 0.381 e. The van der Waals surface area contributed by atoms with Crippen molar-refractivity contribution in [3.05, 3.63) is 28.8 Å². The molecule has 5 heteroatoms. The van der Waals surface area contributed by atoms with Crippen LogP contribution in [0.5, 0.6) is 0 Å². The fourth-order valence-electron chi connectivity index (χ4n) is 2.17. The van der Waals surface area contributed by atoms with Crippen molar-refractivity contribution in [2.45, 2.75) is 25.3 Å². The van der Waals surface area contributed by atoms with E-state index in [0.29, 0.717) is 16.6 Å². The quantitative estimate of drug-likeness (QED) is 0.785. The summed E-state index contributed by atoms with van der Waals surface area (Å²) in [5.41, 5.74) is 6.52. The molecular weight excluding hydrogens is 250 g/mol. The number of rotatable bonds is 3. The van der Waals surface area contributed by atoms with Crippen molar-refractivity contribution >= 4 is 23.2 Å². The lowest BCUT2D eigenvalue weighted by Gasteiger charge is -2.18. The zero-order valence-electron chi connectivity index (χ0n) is 10.2. The van der Waals surface area contributed by atoms with E-state index in [4.69, 9.17) is 17.3 Å². The monoisotopic (exact) mass is 267 g/mol. The highest BCUT2D eigenvalue weighted by atomic mass is 35.5. The molecule has 1 fully saturated rings. The van der Waals surface area contributed by atoms with Crippen molar-refractivity contribution in [2.75, 3.05) is 18.4 Å². The smallest absolute Gasteiger partial charge is 0.248 e. The number of anilines is 1.